The van der Waals surface area contributed by atoms with Crippen molar-refractivity contribution in [2.24, 2.45) is 0 Å². The van der Waals surface area contributed by atoms with E-state index in [-0.39, 0.29) is 22.0 Å². The summed E-state index contributed by atoms with van der Waals surface area (Å²) in [7, 11) is 2.59. The van der Waals surface area contributed by atoms with Crippen LogP contribution in [0.25, 0.3) is 22.2 Å². The minimum absolute atomic E-state index is 0.104. The molecule has 0 atom stereocenters. The molecule has 0 spiro atoms. The van der Waals surface area contributed by atoms with E-state index in [0.29, 0.717) is 16.6 Å². The molecule has 0 aliphatic carbocycles. The van der Waals surface area contributed by atoms with Gasteiger partial charge in [0.2, 0.25) is 0 Å². The molecule has 7 nitrogen and oxygen atoms in total. The van der Waals surface area contributed by atoms with Gasteiger partial charge in [-0.05, 0) is 24.3 Å². The van der Waals surface area contributed by atoms with E-state index in [9.17, 15) is 14.0 Å². The monoisotopic (exact) mass is 479 g/mol. The summed E-state index contributed by atoms with van der Waals surface area (Å²) in [6.07, 6.45) is -0.906. The Morgan fingerprint density at radius 2 is 1.71 bits per heavy atom. The van der Waals surface area contributed by atoms with Crippen LogP contribution in [0.15, 0.2) is 72.8 Å². The molecule has 4 aromatic rings. The van der Waals surface area contributed by atoms with Crippen molar-refractivity contribution in [1.29, 1.82) is 0 Å². The molecule has 0 saturated heterocycles. The standard InChI is InChI=1S/C25H19ClFN3O4/c1-33-23-21(17-10-6-7-11-20(17)28-22(23)15-8-4-3-5-9-15)24(31)29-30(25(32)34-2)16-12-13-19(27)18(26)14-16/h3-14H,1-2H3,(H,29,31). The van der Waals surface area contributed by atoms with Crippen LogP contribution in [0.5, 0.6) is 5.75 Å². The number of hydrogen-bond donors (Lipinski definition) is 1. The van der Waals surface area contributed by atoms with Crippen LogP contribution in [0.3, 0.4) is 0 Å². The Labute approximate surface area is 199 Å². The van der Waals surface area contributed by atoms with Crippen molar-refractivity contribution in [1.82, 2.24) is 10.4 Å². The summed E-state index contributed by atoms with van der Waals surface area (Å²) in [4.78, 5) is 30.8. The first kappa shape index (κ1) is 23.0. The highest BCUT2D eigenvalue weighted by molar-refractivity contribution is 6.31. The lowest BCUT2D eigenvalue weighted by Gasteiger charge is -2.23. The Bertz CT molecular complexity index is 1380. The predicted molar refractivity (Wildman–Crippen MR) is 127 cm³/mol. The number of carbonyl (C=O) groups is 2. The second-order valence-corrected chi connectivity index (χ2v) is 7.50. The van der Waals surface area contributed by atoms with Crippen molar-refractivity contribution in [2.75, 3.05) is 19.2 Å². The molecule has 0 unspecified atom stereocenters. The number of pyridine rings is 1. The minimum Gasteiger partial charge on any atom is -0.494 e. The van der Waals surface area contributed by atoms with Gasteiger partial charge in [0, 0.05) is 10.9 Å². The van der Waals surface area contributed by atoms with E-state index in [1.165, 1.54) is 19.2 Å². The Kier molecular flexibility index (Phi) is 6.60. The molecule has 0 radical (unpaired) electrons. The Balaban J connectivity index is 1.86. The van der Waals surface area contributed by atoms with Gasteiger partial charge >= 0.3 is 6.09 Å². The summed E-state index contributed by atoms with van der Waals surface area (Å²) in [5.74, 6) is -1.11. The molecule has 0 saturated carbocycles. The van der Waals surface area contributed by atoms with E-state index < -0.39 is 17.8 Å². The fraction of sp³-hybridized carbons (Fsp3) is 0.0800. The molecule has 0 bridgehead atoms. The fourth-order valence-corrected chi connectivity index (χ4v) is 3.67. The van der Waals surface area contributed by atoms with Gasteiger partial charge in [0.1, 0.15) is 11.5 Å². The SMILES string of the molecule is COC(=O)N(NC(=O)c1c(OC)c(-c2ccccc2)nc2ccccc12)c1ccc(F)c(Cl)c1. The molecule has 1 N–H and O–H groups in total. The molecule has 0 aliphatic rings. The third kappa shape index (κ3) is 4.35. The van der Waals surface area contributed by atoms with Gasteiger partial charge in [-0.15, -0.1) is 0 Å². The first-order valence-corrected chi connectivity index (χ1v) is 10.5. The second-order valence-electron chi connectivity index (χ2n) is 7.10. The summed E-state index contributed by atoms with van der Waals surface area (Å²) in [6.45, 7) is 0. The van der Waals surface area contributed by atoms with Crippen molar-refractivity contribution >= 4 is 40.2 Å². The third-order valence-electron chi connectivity index (χ3n) is 5.06. The van der Waals surface area contributed by atoms with E-state index >= 15 is 0 Å². The number of carbonyl (C=O) groups excluding carboxylic acids is 2. The number of nitrogens with zero attached hydrogens (tertiary/aromatic N) is 2. The van der Waals surface area contributed by atoms with Crippen molar-refractivity contribution < 1.29 is 23.5 Å². The maximum absolute atomic E-state index is 13.7. The van der Waals surface area contributed by atoms with Gasteiger partial charge in [0.05, 0.1) is 36.0 Å². The van der Waals surface area contributed by atoms with Crippen LogP contribution in [-0.2, 0) is 4.74 Å². The number of nitrogens with one attached hydrogen (secondary N) is 1. The maximum atomic E-state index is 13.7. The summed E-state index contributed by atoms with van der Waals surface area (Å²) in [5.41, 5.74) is 4.55. The number of halogens is 2. The lowest BCUT2D eigenvalue weighted by molar-refractivity contribution is 0.0939. The lowest BCUT2D eigenvalue weighted by atomic mass is 10.0. The van der Waals surface area contributed by atoms with Crippen LogP contribution in [-0.4, -0.2) is 31.2 Å². The Morgan fingerprint density at radius 3 is 2.38 bits per heavy atom. The zero-order valence-electron chi connectivity index (χ0n) is 18.2. The molecular weight excluding hydrogens is 461 g/mol. The van der Waals surface area contributed by atoms with E-state index in [1.807, 2.05) is 30.3 Å². The lowest BCUT2D eigenvalue weighted by Crippen LogP contribution is -2.46. The van der Waals surface area contributed by atoms with Crippen LogP contribution in [0.1, 0.15) is 10.4 Å². The maximum Gasteiger partial charge on any atom is 0.433 e. The first-order valence-electron chi connectivity index (χ1n) is 10.1. The van der Waals surface area contributed by atoms with Crippen LogP contribution in [0.2, 0.25) is 5.02 Å². The van der Waals surface area contributed by atoms with Gasteiger partial charge in [-0.2, -0.15) is 5.01 Å². The molecular formula is C25H19ClFN3O4. The van der Waals surface area contributed by atoms with Crippen LogP contribution in [0.4, 0.5) is 14.9 Å². The van der Waals surface area contributed by atoms with Crippen molar-refractivity contribution in [2.45, 2.75) is 0 Å². The smallest absolute Gasteiger partial charge is 0.433 e. The van der Waals surface area contributed by atoms with Crippen LogP contribution in [0, 0.1) is 5.82 Å². The Morgan fingerprint density at radius 1 is 1.00 bits per heavy atom. The van der Waals surface area contributed by atoms with Crippen molar-refractivity contribution in [3.8, 4) is 17.0 Å². The molecule has 0 fully saturated rings. The second kappa shape index (κ2) is 9.76. The van der Waals surface area contributed by atoms with E-state index in [1.54, 1.807) is 24.3 Å². The number of anilines is 1. The van der Waals surface area contributed by atoms with Crippen molar-refractivity contribution in [3.05, 3.63) is 89.2 Å². The normalized spacial score (nSPS) is 10.6. The van der Waals surface area contributed by atoms with Gasteiger partial charge in [-0.25, -0.2) is 14.2 Å². The predicted octanol–water partition coefficient (Wildman–Crippen LogP) is 5.62. The molecule has 9 heteroatoms. The molecule has 4 rings (SSSR count). The summed E-state index contributed by atoms with van der Waals surface area (Å²) in [5, 5.41) is 1.13. The van der Waals surface area contributed by atoms with Crippen molar-refractivity contribution in [3.63, 3.8) is 0 Å². The number of para-hydroxylation sites is 1. The number of benzene rings is 3. The molecule has 3 aromatic carbocycles. The zero-order valence-corrected chi connectivity index (χ0v) is 19.0. The number of amides is 2. The largest absolute Gasteiger partial charge is 0.494 e. The highest BCUT2D eigenvalue weighted by Crippen LogP contribution is 2.36. The minimum atomic E-state index is -0.906. The molecule has 2 amide bonds. The summed E-state index contributed by atoms with van der Waals surface area (Å²) >= 11 is 5.88. The van der Waals surface area contributed by atoms with Gasteiger partial charge in [-0.3, -0.25) is 10.2 Å². The number of hydrazine groups is 1. The quantitative estimate of drug-likeness (QED) is 0.384. The molecule has 1 heterocycles. The highest BCUT2D eigenvalue weighted by atomic mass is 35.5. The average Bonchev–Trinajstić information content (AvgIpc) is 2.87. The number of fused-ring (bicyclic) bond motifs is 1. The average molecular weight is 480 g/mol. The van der Waals surface area contributed by atoms with E-state index in [4.69, 9.17) is 26.1 Å². The van der Waals surface area contributed by atoms with E-state index in [2.05, 4.69) is 5.43 Å². The topological polar surface area (TPSA) is 80.8 Å². The van der Waals surface area contributed by atoms with Crippen LogP contribution < -0.4 is 15.2 Å². The van der Waals surface area contributed by atoms with Gasteiger partial charge in [-0.1, -0.05) is 60.1 Å². The number of ether oxygens (including phenoxy) is 2. The first-order chi connectivity index (χ1) is 16.4. The summed E-state index contributed by atoms with van der Waals surface area (Å²) < 4.78 is 24.1. The number of hydrogen-bond acceptors (Lipinski definition) is 5. The number of methoxy groups -OCH3 is 2. The highest BCUT2D eigenvalue weighted by Gasteiger charge is 2.27. The van der Waals surface area contributed by atoms with Gasteiger partial charge in [0.25, 0.3) is 5.91 Å². The molecule has 34 heavy (non-hydrogen) atoms. The molecule has 0 aliphatic heterocycles. The van der Waals surface area contributed by atoms with Gasteiger partial charge < -0.3 is 9.47 Å². The fourth-order valence-electron chi connectivity index (χ4n) is 3.50. The van der Waals surface area contributed by atoms with Crippen LogP contribution >= 0.6 is 11.6 Å². The third-order valence-corrected chi connectivity index (χ3v) is 5.35. The molecule has 1 aromatic heterocycles. The Hall–Kier alpha value is -4.17. The zero-order chi connectivity index (χ0) is 24.2. The van der Waals surface area contributed by atoms with Gasteiger partial charge in [0.15, 0.2) is 5.75 Å². The van der Waals surface area contributed by atoms with E-state index in [0.717, 1.165) is 23.7 Å². The number of rotatable bonds is 4. The number of aromatic nitrogens is 1. The molecule has 172 valence electrons. The summed E-state index contributed by atoms with van der Waals surface area (Å²) in [6, 6.07) is 19.9.